The van der Waals surface area contributed by atoms with Gasteiger partial charge in [0.2, 0.25) is 0 Å². The largest absolute Gasteiger partial charge is 0.0710 e. The first-order valence-electron chi connectivity index (χ1n) is 4.23. The fourth-order valence-electron chi connectivity index (χ4n) is 1.94. The van der Waals surface area contributed by atoms with Gasteiger partial charge in [0.15, 0.2) is 0 Å². The molecule has 0 N–H and O–H groups in total. The Morgan fingerprint density at radius 1 is 0.800 bits per heavy atom. The average molecular weight is 138 g/mol. The van der Waals surface area contributed by atoms with E-state index in [0.29, 0.717) is 0 Å². The van der Waals surface area contributed by atoms with Crippen molar-refractivity contribution in [3.05, 3.63) is 11.1 Å². The highest BCUT2D eigenvalue weighted by atomic mass is 14.3. The minimum absolute atomic E-state index is 0.815. The van der Waals surface area contributed by atoms with Gasteiger partial charge in [-0.05, 0) is 31.6 Å². The zero-order valence-electron chi connectivity index (χ0n) is 7.73. The number of hydrogen-bond acceptors (Lipinski definition) is 0. The molecule has 0 saturated heterocycles. The van der Waals surface area contributed by atoms with E-state index in [1.54, 1.807) is 11.1 Å². The first-order valence-corrected chi connectivity index (χ1v) is 4.23. The second-order valence-corrected chi connectivity index (χ2v) is 3.80. The smallest absolute Gasteiger partial charge is 0.0200 e. The average Bonchev–Trinajstić information content (AvgIpc) is 2.07. The minimum atomic E-state index is 0.815. The van der Waals surface area contributed by atoms with Crippen molar-refractivity contribution in [2.45, 2.75) is 34.6 Å². The molecule has 0 amide bonds. The summed E-state index contributed by atoms with van der Waals surface area (Å²) in [5.41, 5.74) is 3.25. The molecular formula is C10H18. The molecule has 2 atom stereocenters. The molecule has 2 unspecified atom stereocenters. The Bertz CT molecular complexity index is 147. The molecule has 0 nitrogen and oxygen atoms in total. The zero-order valence-corrected chi connectivity index (χ0v) is 7.73. The molecule has 0 bridgehead atoms. The zero-order chi connectivity index (χ0) is 7.89. The van der Waals surface area contributed by atoms with Crippen LogP contribution in [0.15, 0.2) is 11.1 Å². The van der Waals surface area contributed by atoms with Crippen LogP contribution in [0.4, 0.5) is 0 Å². The number of rotatable bonds is 0. The fourth-order valence-corrected chi connectivity index (χ4v) is 1.94. The molecule has 0 saturated carbocycles. The molecule has 10 heavy (non-hydrogen) atoms. The number of allylic oxidation sites excluding steroid dienone is 2. The molecule has 0 heterocycles. The SMILES string of the molecule is CC1=C(C)C(C)C(C)C1C. The summed E-state index contributed by atoms with van der Waals surface area (Å²) in [6, 6.07) is 0. The second kappa shape index (κ2) is 2.41. The van der Waals surface area contributed by atoms with E-state index in [2.05, 4.69) is 34.6 Å². The van der Waals surface area contributed by atoms with Gasteiger partial charge in [0.25, 0.3) is 0 Å². The van der Waals surface area contributed by atoms with Gasteiger partial charge in [-0.2, -0.15) is 0 Å². The van der Waals surface area contributed by atoms with Crippen molar-refractivity contribution in [1.82, 2.24) is 0 Å². The van der Waals surface area contributed by atoms with Crippen LogP contribution in [0.3, 0.4) is 0 Å². The van der Waals surface area contributed by atoms with E-state index >= 15 is 0 Å². The lowest BCUT2D eigenvalue weighted by atomic mass is 9.90. The molecule has 0 aromatic heterocycles. The molecule has 58 valence electrons. The molecule has 0 radical (unpaired) electrons. The van der Waals surface area contributed by atoms with Gasteiger partial charge in [0.05, 0.1) is 0 Å². The Morgan fingerprint density at radius 2 is 1.10 bits per heavy atom. The summed E-state index contributed by atoms with van der Waals surface area (Å²) < 4.78 is 0. The maximum atomic E-state index is 2.36. The van der Waals surface area contributed by atoms with Crippen LogP contribution in [-0.4, -0.2) is 0 Å². The van der Waals surface area contributed by atoms with Gasteiger partial charge in [0.1, 0.15) is 0 Å². The normalized spacial score (nSPS) is 41.1. The Labute approximate surface area is 64.3 Å². The summed E-state index contributed by atoms with van der Waals surface area (Å²) in [6.07, 6.45) is 0. The lowest BCUT2D eigenvalue weighted by molar-refractivity contribution is 0.390. The van der Waals surface area contributed by atoms with Crippen LogP contribution < -0.4 is 0 Å². The summed E-state index contributed by atoms with van der Waals surface area (Å²) in [6.45, 7) is 11.6. The van der Waals surface area contributed by atoms with Crippen molar-refractivity contribution >= 4 is 0 Å². The van der Waals surface area contributed by atoms with Crippen molar-refractivity contribution in [2.75, 3.05) is 0 Å². The molecule has 0 heteroatoms. The molecule has 1 rings (SSSR count). The van der Waals surface area contributed by atoms with Gasteiger partial charge < -0.3 is 0 Å². The minimum Gasteiger partial charge on any atom is -0.0710 e. The monoisotopic (exact) mass is 138 g/mol. The standard InChI is InChI=1S/C10H18/c1-6-7(2)9(4)10(5)8(6)3/h6-8H,1-5H3. The summed E-state index contributed by atoms with van der Waals surface area (Å²) in [5, 5.41) is 0. The molecule has 0 aromatic rings. The van der Waals surface area contributed by atoms with Gasteiger partial charge in [0, 0.05) is 0 Å². The Morgan fingerprint density at radius 3 is 1.20 bits per heavy atom. The molecule has 0 aromatic carbocycles. The van der Waals surface area contributed by atoms with Crippen LogP contribution in [-0.2, 0) is 0 Å². The quantitative estimate of drug-likeness (QED) is 0.451. The van der Waals surface area contributed by atoms with E-state index in [-0.39, 0.29) is 0 Å². The van der Waals surface area contributed by atoms with Crippen molar-refractivity contribution in [3.63, 3.8) is 0 Å². The van der Waals surface area contributed by atoms with E-state index < -0.39 is 0 Å². The third kappa shape index (κ3) is 0.902. The maximum Gasteiger partial charge on any atom is -0.0200 e. The van der Waals surface area contributed by atoms with Crippen LogP contribution in [0.1, 0.15) is 34.6 Å². The molecule has 1 aliphatic rings. The van der Waals surface area contributed by atoms with E-state index in [4.69, 9.17) is 0 Å². The van der Waals surface area contributed by atoms with Crippen molar-refractivity contribution in [1.29, 1.82) is 0 Å². The Balaban J connectivity index is 2.88. The Kier molecular flexibility index (Phi) is 1.89. The molecular weight excluding hydrogens is 120 g/mol. The second-order valence-electron chi connectivity index (χ2n) is 3.80. The molecule has 0 spiro atoms. The lowest BCUT2D eigenvalue weighted by Crippen LogP contribution is -2.08. The van der Waals surface area contributed by atoms with Crippen molar-refractivity contribution in [3.8, 4) is 0 Å². The summed E-state index contributed by atoms with van der Waals surface area (Å²) >= 11 is 0. The van der Waals surface area contributed by atoms with Crippen LogP contribution in [0.2, 0.25) is 0 Å². The number of hydrogen-bond donors (Lipinski definition) is 0. The topological polar surface area (TPSA) is 0 Å². The molecule has 0 fully saturated rings. The Hall–Kier alpha value is -0.260. The highest BCUT2D eigenvalue weighted by Crippen LogP contribution is 2.40. The maximum absolute atomic E-state index is 2.36. The van der Waals surface area contributed by atoms with Crippen molar-refractivity contribution in [2.24, 2.45) is 17.8 Å². The van der Waals surface area contributed by atoms with Crippen molar-refractivity contribution < 1.29 is 0 Å². The summed E-state index contributed by atoms with van der Waals surface area (Å²) in [7, 11) is 0. The van der Waals surface area contributed by atoms with Crippen LogP contribution in [0.5, 0.6) is 0 Å². The van der Waals surface area contributed by atoms with Crippen LogP contribution >= 0.6 is 0 Å². The lowest BCUT2D eigenvalue weighted by Gasteiger charge is -2.15. The van der Waals surface area contributed by atoms with E-state index in [1.165, 1.54) is 0 Å². The van der Waals surface area contributed by atoms with Gasteiger partial charge in [-0.15, -0.1) is 0 Å². The predicted molar refractivity (Wildman–Crippen MR) is 45.9 cm³/mol. The predicted octanol–water partition coefficient (Wildman–Crippen LogP) is 3.24. The fraction of sp³-hybridized carbons (Fsp3) is 0.800. The first-order chi connectivity index (χ1) is 4.55. The van der Waals surface area contributed by atoms with Gasteiger partial charge in [-0.1, -0.05) is 31.9 Å². The van der Waals surface area contributed by atoms with E-state index in [1.807, 2.05) is 0 Å². The van der Waals surface area contributed by atoms with E-state index in [0.717, 1.165) is 17.8 Å². The van der Waals surface area contributed by atoms with Gasteiger partial charge in [-0.25, -0.2) is 0 Å². The molecule has 1 aliphatic carbocycles. The van der Waals surface area contributed by atoms with Crippen LogP contribution in [0, 0.1) is 17.8 Å². The highest BCUT2D eigenvalue weighted by Gasteiger charge is 2.29. The first kappa shape index (κ1) is 7.84. The summed E-state index contributed by atoms with van der Waals surface area (Å²) in [4.78, 5) is 0. The van der Waals surface area contributed by atoms with Gasteiger partial charge >= 0.3 is 0 Å². The molecule has 0 aliphatic heterocycles. The van der Waals surface area contributed by atoms with E-state index in [9.17, 15) is 0 Å². The van der Waals surface area contributed by atoms with Crippen LogP contribution in [0.25, 0.3) is 0 Å². The third-order valence-electron chi connectivity index (χ3n) is 3.57. The third-order valence-corrected chi connectivity index (χ3v) is 3.57. The summed E-state index contributed by atoms with van der Waals surface area (Å²) in [5.74, 6) is 2.49. The highest BCUT2D eigenvalue weighted by molar-refractivity contribution is 5.22. The van der Waals surface area contributed by atoms with Gasteiger partial charge in [-0.3, -0.25) is 0 Å².